The van der Waals surface area contributed by atoms with Gasteiger partial charge in [0, 0.05) is 12.6 Å². The average Bonchev–Trinajstić information content (AvgIpc) is 3.04. The third-order valence-electron chi connectivity index (χ3n) is 2.92. The number of nitrogens with zero attached hydrogens (tertiary/aromatic N) is 7. The third-order valence-corrected chi connectivity index (χ3v) is 3.91. The summed E-state index contributed by atoms with van der Waals surface area (Å²) in [6, 6.07) is 0.927. The zero-order chi connectivity index (χ0) is 15.9. The molecule has 116 valence electrons. The van der Waals surface area contributed by atoms with Crippen molar-refractivity contribution in [2.45, 2.75) is 36.8 Å². The van der Waals surface area contributed by atoms with Gasteiger partial charge in [-0.3, -0.25) is 0 Å². The van der Waals surface area contributed by atoms with Gasteiger partial charge in [-0.15, -0.1) is 10.2 Å². The molecular weight excluding hydrogens is 319 g/mol. The maximum atomic E-state index is 12.9. The molecule has 0 aliphatic rings. The molecular formula is C11H10F3N7S. The monoisotopic (exact) mass is 329 g/mol. The van der Waals surface area contributed by atoms with Gasteiger partial charge in [0.2, 0.25) is 0 Å². The Morgan fingerprint density at radius 2 is 2.05 bits per heavy atom. The second-order valence-electron chi connectivity index (χ2n) is 4.33. The first-order valence-electron chi connectivity index (χ1n) is 6.25. The number of alkyl halides is 3. The zero-order valence-electron chi connectivity index (χ0n) is 11.5. The maximum Gasteiger partial charge on any atom is 0.433 e. The molecule has 3 aromatic heterocycles. The molecule has 0 atom stereocenters. The third kappa shape index (κ3) is 2.51. The maximum absolute atomic E-state index is 12.9. The van der Waals surface area contributed by atoms with E-state index in [1.165, 1.54) is 4.52 Å². The van der Waals surface area contributed by atoms with Crippen molar-refractivity contribution in [1.82, 2.24) is 34.3 Å². The minimum atomic E-state index is -4.56. The van der Waals surface area contributed by atoms with Gasteiger partial charge in [0.05, 0.1) is 0 Å². The van der Waals surface area contributed by atoms with E-state index >= 15 is 0 Å². The number of hydrogen-bond donors (Lipinski definition) is 0. The summed E-state index contributed by atoms with van der Waals surface area (Å²) in [7, 11) is 0. The molecule has 0 N–H and O–H groups in total. The highest BCUT2D eigenvalue weighted by atomic mass is 32.2. The standard InChI is InChI=1S/C11H10F3N7S/c1-3-20-6(2)18-19-10(20)22-8-4-7(11(12,13)14)17-9-15-5-16-21(8)9/h4-5H,3H2,1-2H3. The lowest BCUT2D eigenvalue weighted by molar-refractivity contribution is -0.141. The Hall–Kier alpha value is -2.17. The summed E-state index contributed by atoms with van der Waals surface area (Å²) in [5.74, 6) is 0.571. The fourth-order valence-electron chi connectivity index (χ4n) is 1.90. The lowest BCUT2D eigenvalue weighted by atomic mass is 10.4. The minimum absolute atomic E-state index is 0.114. The van der Waals surface area contributed by atoms with Crippen LogP contribution in [-0.4, -0.2) is 34.3 Å². The molecule has 0 aromatic carbocycles. The van der Waals surface area contributed by atoms with Crippen LogP contribution in [0.3, 0.4) is 0 Å². The normalized spacial score (nSPS) is 12.2. The lowest BCUT2D eigenvalue weighted by Gasteiger charge is -2.09. The molecule has 0 saturated heterocycles. The van der Waals surface area contributed by atoms with E-state index in [0.29, 0.717) is 17.5 Å². The predicted molar refractivity (Wildman–Crippen MR) is 70.3 cm³/mol. The number of aromatic nitrogens is 7. The summed E-state index contributed by atoms with van der Waals surface area (Å²) in [6.07, 6.45) is -3.40. The van der Waals surface area contributed by atoms with Gasteiger partial charge in [-0.1, -0.05) is 0 Å². The van der Waals surface area contributed by atoms with Gasteiger partial charge in [-0.2, -0.15) is 27.8 Å². The molecule has 0 spiro atoms. The van der Waals surface area contributed by atoms with Gasteiger partial charge in [0.1, 0.15) is 17.2 Å². The number of rotatable bonds is 3. The van der Waals surface area contributed by atoms with E-state index in [1.807, 2.05) is 6.92 Å². The molecule has 0 aliphatic carbocycles. The van der Waals surface area contributed by atoms with E-state index in [2.05, 4.69) is 25.3 Å². The zero-order valence-corrected chi connectivity index (χ0v) is 12.4. The molecule has 7 nitrogen and oxygen atoms in total. The fourth-order valence-corrected chi connectivity index (χ4v) is 2.92. The van der Waals surface area contributed by atoms with Crippen LogP contribution in [0.1, 0.15) is 18.4 Å². The Bertz CT molecular complexity index is 823. The van der Waals surface area contributed by atoms with E-state index in [0.717, 1.165) is 24.2 Å². The first-order valence-corrected chi connectivity index (χ1v) is 7.07. The van der Waals surface area contributed by atoms with E-state index in [9.17, 15) is 13.2 Å². The topological polar surface area (TPSA) is 73.8 Å². The van der Waals surface area contributed by atoms with Crippen LogP contribution in [-0.2, 0) is 12.7 Å². The molecule has 0 aliphatic heterocycles. The van der Waals surface area contributed by atoms with Crippen molar-refractivity contribution in [3.63, 3.8) is 0 Å². The molecule has 0 bridgehead atoms. The number of halogens is 3. The number of hydrogen-bond acceptors (Lipinski definition) is 6. The van der Waals surface area contributed by atoms with Crippen molar-refractivity contribution >= 4 is 17.5 Å². The van der Waals surface area contributed by atoms with Crippen LogP contribution in [0.5, 0.6) is 0 Å². The fraction of sp³-hybridized carbons (Fsp3) is 0.364. The summed E-state index contributed by atoms with van der Waals surface area (Å²) < 4.78 is 41.8. The van der Waals surface area contributed by atoms with Crippen molar-refractivity contribution in [2.24, 2.45) is 0 Å². The average molecular weight is 329 g/mol. The Balaban J connectivity index is 2.11. The van der Waals surface area contributed by atoms with E-state index in [4.69, 9.17) is 0 Å². The number of fused-ring (bicyclic) bond motifs is 1. The molecule has 11 heteroatoms. The van der Waals surface area contributed by atoms with E-state index in [-0.39, 0.29) is 10.8 Å². The van der Waals surface area contributed by atoms with Gasteiger partial charge in [0.15, 0.2) is 10.9 Å². The summed E-state index contributed by atoms with van der Waals surface area (Å²) in [5, 5.41) is 12.5. The van der Waals surface area contributed by atoms with Gasteiger partial charge in [-0.25, -0.2) is 4.98 Å². The Morgan fingerprint density at radius 1 is 1.27 bits per heavy atom. The molecule has 0 amide bonds. The van der Waals surface area contributed by atoms with Crippen molar-refractivity contribution in [1.29, 1.82) is 0 Å². The molecule has 0 saturated carbocycles. The Kier molecular flexibility index (Phi) is 3.51. The molecule has 0 fully saturated rings. The quantitative estimate of drug-likeness (QED) is 0.686. The summed E-state index contributed by atoms with van der Waals surface area (Å²) in [4.78, 5) is 7.19. The molecule has 0 radical (unpaired) electrons. The SMILES string of the molecule is CCn1c(C)nnc1Sc1cc(C(F)(F)F)nc2ncnn12. The molecule has 3 heterocycles. The summed E-state index contributed by atoms with van der Waals surface area (Å²) >= 11 is 1.03. The number of aryl methyl sites for hydroxylation is 1. The van der Waals surface area contributed by atoms with Crippen LogP contribution in [0.25, 0.3) is 5.78 Å². The van der Waals surface area contributed by atoms with Crippen molar-refractivity contribution in [3.8, 4) is 0 Å². The smallest absolute Gasteiger partial charge is 0.306 e. The van der Waals surface area contributed by atoms with Crippen LogP contribution >= 0.6 is 11.8 Å². The second-order valence-corrected chi connectivity index (χ2v) is 5.31. The van der Waals surface area contributed by atoms with Gasteiger partial charge in [-0.05, 0) is 25.6 Å². The molecule has 3 rings (SSSR count). The van der Waals surface area contributed by atoms with Gasteiger partial charge >= 0.3 is 6.18 Å². The molecule has 22 heavy (non-hydrogen) atoms. The second kappa shape index (κ2) is 5.23. The Labute approximate surface area is 126 Å². The minimum Gasteiger partial charge on any atom is -0.306 e. The Morgan fingerprint density at radius 3 is 2.73 bits per heavy atom. The van der Waals surface area contributed by atoms with Crippen molar-refractivity contribution in [2.75, 3.05) is 0 Å². The van der Waals surface area contributed by atoms with Crippen LogP contribution in [0, 0.1) is 6.92 Å². The largest absolute Gasteiger partial charge is 0.433 e. The summed E-state index contributed by atoms with van der Waals surface area (Å²) in [6.45, 7) is 4.29. The molecule has 0 unspecified atom stereocenters. The van der Waals surface area contributed by atoms with Crippen LogP contribution in [0.2, 0.25) is 0 Å². The lowest BCUT2D eigenvalue weighted by Crippen LogP contribution is -2.11. The van der Waals surface area contributed by atoms with Crippen LogP contribution in [0.15, 0.2) is 22.6 Å². The first-order chi connectivity index (χ1) is 10.4. The van der Waals surface area contributed by atoms with Crippen LogP contribution < -0.4 is 0 Å². The van der Waals surface area contributed by atoms with Gasteiger partial charge < -0.3 is 4.57 Å². The highest BCUT2D eigenvalue weighted by molar-refractivity contribution is 7.99. The summed E-state index contributed by atoms with van der Waals surface area (Å²) in [5.41, 5.74) is -1.02. The van der Waals surface area contributed by atoms with Crippen LogP contribution in [0.4, 0.5) is 13.2 Å². The van der Waals surface area contributed by atoms with Crippen molar-refractivity contribution < 1.29 is 13.2 Å². The van der Waals surface area contributed by atoms with E-state index < -0.39 is 11.9 Å². The van der Waals surface area contributed by atoms with Gasteiger partial charge in [0.25, 0.3) is 5.78 Å². The van der Waals surface area contributed by atoms with E-state index in [1.54, 1.807) is 11.5 Å². The highest BCUT2D eigenvalue weighted by Gasteiger charge is 2.34. The molecule has 3 aromatic rings. The highest BCUT2D eigenvalue weighted by Crippen LogP contribution is 2.33. The van der Waals surface area contributed by atoms with Crippen molar-refractivity contribution in [3.05, 3.63) is 23.9 Å². The first kappa shape index (κ1) is 14.8. The predicted octanol–water partition coefficient (Wildman–Crippen LogP) is 2.21.